The third kappa shape index (κ3) is 4.39. The summed E-state index contributed by atoms with van der Waals surface area (Å²) in [5, 5.41) is 7.28. The lowest BCUT2D eigenvalue weighted by atomic mass is 9.61. The van der Waals surface area contributed by atoms with Gasteiger partial charge in [-0.05, 0) is 116 Å². The number of hydrogen-bond acceptors (Lipinski definition) is 2. The highest BCUT2D eigenvalue weighted by atomic mass is 16.3. The van der Waals surface area contributed by atoms with Gasteiger partial charge in [0.1, 0.15) is 11.2 Å². The van der Waals surface area contributed by atoms with Crippen LogP contribution in [-0.2, 0) is 5.41 Å². The lowest BCUT2D eigenvalue weighted by molar-refractivity contribution is 0.668. The maximum Gasteiger partial charge on any atom is 0.137 e. The van der Waals surface area contributed by atoms with Gasteiger partial charge in [0, 0.05) is 50.4 Å². The number of fused-ring (bicyclic) bond motifs is 15. The van der Waals surface area contributed by atoms with Gasteiger partial charge >= 0.3 is 0 Å². The summed E-state index contributed by atoms with van der Waals surface area (Å²) in [7, 11) is 0. The predicted octanol–water partition coefficient (Wildman–Crippen LogP) is 15.6. The van der Waals surface area contributed by atoms with E-state index in [-0.39, 0.29) is 0 Å². The van der Waals surface area contributed by atoms with Crippen molar-refractivity contribution in [1.82, 2.24) is 4.57 Å². The number of furan rings is 1. The third-order valence-corrected chi connectivity index (χ3v) is 13.8. The van der Waals surface area contributed by atoms with Crippen molar-refractivity contribution >= 4 is 71.6 Å². The highest BCUT2D eigenvalue weighted by Crippen LogP contribution is 2.62. The van der Waals surface area contributed by atoms with Gasteiger partial charge in [0.25, 0.3) is 0 Å². The average Bonchev–Trinajstić information content (AvgIpc) is 3.97. The highest BCUT2D eigenvalue weighted by molar-refractivity contribution is 6.12. The summed E-state index contributed by atoms with van der Waals surface area (Å²) in [4.78, 5) is 2.43. The van der Waals surface area contributed by atoms with E-state index in [9.17, 15) is 0 Å². The lowest BCUT2D eigenvalue weighted by Gasteiger charge is -2.40. The maximum absolute atomic E-state index is 6.44. The second kappa shape index (κ2) is 12.4. The fourth-order valence-corrected chi connectivity index (χ4v) is 11.3. The van der Waals surface area contributed by atoms with E-state index in [1.165, 1.54) is 66.1 Å². The van der Waals surface area contributed by atoms with Crippen LogP contribution in [0.2, 0.25) is 0 Å². The minimum Gasteiger partial charge on any atom is -0.456 e. The van der Waals surface area contributed by atoms with Gasteiger partial charge in [0.15, 0.2) is 0 Å². The average molecular weight is 789 g/mol. The molecular weight excluding hydrogens is 753 g/mol. The van der Waals surface area contributed by atoms with Crippen molar-refractivity contribution in [3.63, 3.8) is 0 Å². The van der Waals surface area contributed by atoms with Crippen molar-refractivity contribution in [2.24, 2.45) is 0 Å². The van der Waals surface area contributed by atoms with Gasteiger partial charge in [-0.25, -0.2) is 0 Å². The van der Waals surface area contributed by atoms with E-state index in [1.54, 1.807) is 0 Å². The van der Waals surface area contributed by atoms with Crippen molar-refractivity contribution in [3.05, 3.63) is 241 Å². The minimum absolute atomic E-state index is 0.513. The Labute approximate surface area is 358 Å². The summed E-state index contributed by atoms with van der Waals surface area (Å²) < 4.78 is 8.84. The van der Waals surface area contributed by atoms with Crippen LogP contribution in [0.4, 0.5) is 17.1 Å². The molecule has 14 rings (SSSR count). The SMILES string of the molecule is c1ccc(N(c2ccc3c(c2)C2(c4ccccc4-3)c3ccccc3-c3cccc4cccc2c34)c2ccc3c4ccccc4n(-c4ccc5c(c4)oc4ccccc45)c3c2)cc1. The molecule has 288 valence electrons. The standard InChI is InChI=1S/C59H36N2O/c1-2-16-38(17-3-1)60(40-29-32-46-45-20-6-10-26-54(45)61(55(46)35-40)41-30-33-48-47-21-7-11-27-56(47)62-57(48)36-41)39-28-31-44-42-18-4-8-23-50(42)59(53(44)34-39)51-24-9-5-19-43(51)49-22-12-14-37-15-13-25-52(59)58(37)49/h1-36H. The Morgan fingerprint density at radius 2 is 0.952 bits per heavy atom. The second-order valence-electron chi connectivity index (χ2n) is 16.8. The monoisotopic (exact) mass is 788 g/mol. The number of benzene rings is 10. The smallest absolute Gasteiger partial charge is 0.137 e. The zero-order valence-corrected chi connectivity index (χ0v) is 33.6. The lowest BCUT2D eigenvalue weighted by Crippen LogP contribution is -2.32. The van der Waals surface area contributed by atoms with Gasteiger partial charge in [0.05, 0.1) is 16.4 Å². The molecular formula is C59H36N2O. The zero-order valence-electron chi connectivity index (χ0n) is 33.6. The number of para-hydroxylation sites is 3. The van der Waals surface area contributed by atoms with E-state index < -0.39 is 5.41 Å². The molecule has 2 heterocycles. The third-order valence-electron chi connectivity index (χ3n) is 13.8. The Morgan fingerprint density at radius 3 is 1.81 bits per heavy atom. The summed E-state index contributed by atoms with van der Waals surface area (Å²) in [5.41, 5.74) is 18.4. The van der Waals surface area contributed by atoms with Crippen molar-refractivity contribution in [2.75, 3.05) is 4.90 Å². The molecule has 0 bridgehead atoms. The summed E-state index contributed by atoms with van der Waals surface area (Å²) >= 11 is 0. The molecule has 1 unspecified atom stereocenters. The fraction of sp³-hybridized carbons (Fsp3) is 0.0169. The number of hydrogen-bond donors (Lipinski definition) is 0. The van der Waals surface area contributed by atoms with E-state index in [1.807, 2.05) is 12.1 Å². The van der Waals surface area contributed by atoms with Gasteiger partial charge in [-0.1, -0.05) is 152 Å². The van der Waals surface area contributed by atoms with Crippen LogP contribution in [0, 0.1) is 0 Å². The minimum atomic E-state index is -0.513. The molecule has 3 nitrogen and oxygen atoms in total. The first kappa shape index (κ1) is 33.7. The van der Waals surface area contributed by atoms with E-state index in [0.29, 0.717) is 0 Å². The summed E-state index contributed by atoms with van der Waals surface area (Å²) in [6.07, 6.45) is 0. The largest absolute Gasteiger partial charge is 0.456 e. The van der Waals surface area contributed by atoms with Crippen molar-refractivity contribution in [3.8, 4) is 27.9 Å². The van der Waals surface area contributed by atoms with Crippen LogP contribution in [0.1, 0.15) is 22.3 Å². The van der Waals surface area contributed by atoms with Crippen molar-refractivity contribution in [2.45, 2.75) is 5.41 Å². The summed E-state index contributed by atoms with van der Waals surface area (Å²) in [6.45, 7) is 0. The summed E-state index contributed by atoms with van der Waals surface area (Å²) in [6, 6.07) is 80.5. The quantitative estimate of drug-likeness (QED) is 0.177. The van der Waals surface area contributed by atoms with Crippen LogP contribution in [0.25, 0.3) is 82.5 Å². The molecule has 0 radical (unpaired) electrons. The predicted molar refractivity (Wildman–Crippen MR) is 257 cm³/mol. The number of rotatable bonds is 4. The molecule has 2 aliphatic carbocycles. The van der Waals surface area contributed by atoms with Crippen LogP contribution in [0.5, 0.6) is 0 Å². The molecule has 0 N–H and O–H groups in total. The Hall–Kier alpha value is -8.14. The fourth-order valence-electron chi connectivity index (χ4n) is 11.3. The molecule has 10 aromatic carbocycles. The molecule has 1 spiro atoms. The molecule has 62 heavy (non-hydrogen) atoms. The molecule has 0 saturated carbocycles. The topological polar surface area (TPSA) is 21.3 Å². The van der Waals surface area contributed by atoms with Gasteiger partial charge in [-0.2, -0.15) is 0 Å². The first-order valence-electron chi connectivity index (χ1n) is 21.4. The zero-order chi connectivity index (χ0) is 40.5. The highest BCUT2D eigenvalue weighted by Gasteiger charge is 2.50. The van der Waals surface area contributed by atoms with Gasteiger partial charge in [0.2, 0.25) is 0 Å². The van der Waals surface area contributed by atoms with E-state index >= 15 is 0 Å². The van der Waals surface area contributed by atoms with E-state index in [0.717, 1.165) is 55.7 Å². The van der Waals surface area contributed by atoms with Gasteiger partial charge < -0.3 is 13.9 Å². The second-order valence-corrected chi connectivity index (χ2v) is 16.8. The Morgan fingerprint density at radius 1 is 0.355 bits per heavy atom. The maximum atomic E-state index is 6.44. The van der Waals surface area contributed by atoms with Gasteiger partial charge in [-0.15, -0.1) is 0 Å². The number of nitrogens with zero attached hydrogens (tertiary/aromatic N) is 2. The molecule has 3 heteroatoms. The Balaban J connectivity index is 1.03. The molecule has 0 fully saturated rings. The molecule has 0 saturated heterocycles. The number of aromatic nitrogens is 1. The van der Waals surface area contributed by atoms with Gasteiger partial charge in [-0.3, -0.25) is 0 Å². The van der Waals surface area contributed by atoms with E-state index in [2.05, 4.69) is 216 Å². The number of anilines is 3. The normalized spacial score (nSPS) is 14.8. The Kier molecular flexibility index (Phi) is 6.76. The molecule has 0 amide bonds. The van der Waals surface area contributed by atoms with Crippen LogP contribution in [0.15, 0.2) is 223 Å². The Bertz CT molecular complexity index is 3830. The van der Waals surface area contributed by atoms with Crippen LogP contribution >= 0.6 is 0 Å². The van der Waals surface area contributed by atoms with Crippen LogP contribution < -0.4 is 4.90 Å². The molecule has 12 aromatic rings. The molecule has 1 atom stereocenters. The van der Waals surface area contributed by atoms with Crippen LogP contribution in [-0.4, -0.2) is 4.57 Å². The van der Waals surface area contributed by atoms with Crippen molar-refractivity contribution < 1.29 is 4.42 Å². The first-order valence-corrected chi connectivity index (χ1v) is 21.4. The van der Waals surface area contributed by atoms with E-state index in [4.69, 9.17) is 4.42 Å². The molecule has 0 aliphatic heterocycles. The molecule has 2 aromatic heterocycles. The van der Waals surface area contributed by atoms with Crippen LogP contribution in [0.3, 0.4) is 0 Å². The van der Waals surface area contributed by atoms with Crippen molar-refractivity contribution in [1.29, 1.82) is 0 Å². The summed E-state index contributed by atoms with van der Waals surface area (Å²) in [5.74, 6) is 0. The molecule has 2 aliphatic rings. The first-order chi connectivity index (χ1) is 30.8.